The lowest BCUT2D eigenvalue weighted by molar-refractivity contribution is 0.0195. The van der Waals surface area contributed by atoms with E-state index in [2.05, 4.69) is 5.10 Å². The molecule has 0 radical (unpaired) electrons. The summed E-state index contributed by atoms with van der Waals surface area (Å²) in [5, 5.41) is 4.34. The molecule has 6 nitrogen and oxygen atoms in total. The van der Waals surface area contributed by atoms with Crippen LogP contribution in [0.4, 0.5) is 15.0 Å². The van der Waals surface area contributed by atoms with Crippen LogP contribution in [-0.4, -0.2) is 32.9 Å². The van der Waals surface area contributed by atoms with Crippen LogP contribution in [0.15, 0.2) is 24.3 Å². The number of anilines is 1. The summed E-state index contributed by atoms with van der Waals surface area (Å²) in [6, 6.07) is 6.09. The fourth-order valence-corrected chi connectivity index (χ4v) is 2.75. The van der Waals surface area contributed by atoms with Gasteiger partial charge in [0.25, 0.3) is 0 Å². The van der Waals surface area contributed by atoms with Gasteiger partial charge in [0.2, 0.25) is 0 Å². The number of nitrogen functional groups attached to an aromatic ring is 1. The molecule has 0 saturated carbocycles. The van der Waals surface area contributed by atoms with Crippen molar-refractivity contribution >= 4 is 11.9 Å². The van der Waals surface area contributed by atoms with Gasteiger partial charge < -0.3 is 15.4 Å². The Morgan fingerprint density at radius 1 is 1.25 bits per heavy atom. The molecule has 0 unspecified atom stereocenters. The van der Waals surface area contributed by atoms with E-state index in [-0.39, 0.29) is 11.9 Å². The summed E-state index contributed by atoms with van der Waals surface area (Å²) in [5.41, 5.74) is 7.85. The fourth-order valence-electron chi connectivity index (χ4n) is 2.75. The number of aromatic nitrogens is 2. The quantitative estimate of drug-likeness (QED) is 0.871. The number of amides is 1. The van der Waals surface area contributed by atoms with Gasteiger partial charge in [0.05, 0.1) is 18.8 Å². The number of nitrogens with zero attached hydrogens (tertiary/aromatic N) is 3. The normalized spacial score (nSPS) is 14.4. The fraction of sp³-hybridized carbons (Fsp3) is 0.412. The molecule has 1 aliphatic heterocycles. The number of carbonyl (C=O) groups excluding carboxylic acids is 1. The Morgan fingerprint density at radius 2 is 1.92 bits per heavy atom. The summed E-state index contributed by atoms with van der Waals surface area (Å²) in [4.78, 5) is 13.9. The Morgan fingerprint density at radius 3 is 2.54 bits per heavy atom. The van der Waals surface area contributed by atoms with Gasteiger partial charge in [0, 0.05) is 12.1 Å². The van der Waals surface area contributed by atoms with Crippen LogP contribution in [0.5, 0.6) is 0 Å². The van der Waals surface area contributed by atoms with E-state index in [0.717, 1.165) is 16.8 Å². The van der Waals surface area contributed by atoms with Gasteiger partial charge in [-0.15, -0.1) is 0 Å². The molecule has 128 valence electrons. The van der Waals surface area contributed by atoms with Crippen LogP contribution in [0, 0.1) is 5.82 Å². The molecule has 7 heteroatoms. The van der Waals surface area contributed by atoms with Gasteiger partial charge in [-0.25, -0.2) is 9.18 Å². The van der Waals surface area contributed by atoms with Crippen molar-refractivity contribution in [1.29, 1.82) is 0 Å². The number of carbonyl (C=O) groups is 1. The van der Waals surface area contributed by atoms with Crippen molar-refractivity contribution in [3.05, 3.63) is 35.8 Å². The van der Waals surface area contributed by atoms with Crippen LogP contribution in [0.3, 0.4) is 0 Å². The number of nitrogens with two attached hydrogens (primary N) is 1. The minimum atomic E-state index is -0.548. The lowest BCUT2D eigenvalue weighted by atomic mass is 10.0. The maximum Gasteiger partial charge on any atom is 0.410 e. The Kier molecular flexibility index (Phi) is 3.95. The summed E-state index contributed by atoms with van der Waals surface area (Å²) in [6.45, 7) is 6.90. The molecule has 0 spiro atoms. The highest BCUT2D eigenvalue weighted by atomic mass is 19.1. The van der Waals surface area contributed by atoms with Crippen LogP contribution in [-0.2, 0) is 17.8 Å². The van der Waals surface area contributed by atoms with E-state index >= 15 is 0 Å². The van der Waals surface area contributed by atoms with Crippen molar-refractivity contribution < 1.29 is 13.9 Å². The molecule has 1 amide bonds. The van der Waals surface area contributed by atoms with Crippen molar-refractivity contribution in [3.8, 4) is 11.1 Å². The molecule has 2 N–H and O–H groups in total. The number of fused-ring (bicyclic) bond motifs is 1. The molecule has 24 heavy (non-hydrogen) atoms. The Hall–Kier alpha value is -2.57. The van der Waals surface area contributed by atoms with E-state index in [1.54, 1.807) is 21.7 Å². The average molecular weight is 332 g/mol. The summed E-state index contributed by atoms with van der Waals surface area (Å²) in [5.74, 6) is 0.0661. The second-order valence-electron chi connectivity index (χ2n) is 6.84. The SMILES string of the molecule is CC(C)(C)OC(=O)N1CCn2nc(N)c(-c3ccc(F)cc3)c2C1. The third-order valence-electron chi connectivity index (χ3n) is 3.79. The maximum atomic E-state index is 13.2. The van der Waals surface area contributed by atoms with E-state index in [1.807, 2.05) is 20.8 Å². The number of hydrogen-bond acceptors (Lipinski definition) is 4. The summed E-state index contributed by atoms with van der Waals surface area (Å²) < 4.78 is 20.4. The first-order chi connectivity index (χ1) is 11.2. The maximum absolute atomic E-state index is 13.2. The number of rotatable bonds is 1. The van der Waals surface area contributed by atoms with Crippen LogP contribution in [0.25, 0.3) is 11.1 Å². The zero-order chi connectivity index (χ0) is 17.5. The first-order valence-electron chi connectivity index (χ1n) is 7.83. The van der Waals surface area contributed by atoms with E-state index in [1.165, 1.54) is 12.1 Å². The highest BCUT2D eigenvalue weighted by Gasteiger charge is 2.29. The minimum Gasteiger partial charge on any atom is -0.444 e. The molecule has 3 rings (SSSR count). The van der Waals surface area contributed by atoms with Gasteiger partial charge in [0.1, 0.15) is 11.4 Å². The Labute approximate surface area is 140 Å². The Balaban J connectivity index is 1.90. The van der Waals surface area contributed by atoms with Gasteiger partial charge in [-0.1, -0.05) is 12.1 Å². The molecule has 1 aromatic heterocycles. The van der Waals surface area contributed by atoms with Crippen LogP contribution in [0.1, 0.15) is 26.5 Å². The largest absolute Gasteiger partial charge is 0.444 e. The predicted molar refractivity (Wildman–Crippen MR) is 88.7 cm³/mol. The molecule has 1 aliphatic rings. The standard InChI is InChI=1S/C17H21FN4O2/c1-17(2,3)24-16(23)21-8-9-22-13(10-21)14(15(19)20-22)11-4-6-12(18)7-5-11/h4-7H,8-10H2,1-3H3,(H2,19,20). The second kappa shape index (κ2) is 5.81. The molecule has 0 bridgehead atoms. The van der Waals surface area contributed by atoms with Gasteiger partial charge in [0.15, 0.2) is 5.82 Å². The second-order valence-corrected chi connectivity index (χ2v) is 6.84. The number of benzene rings is 1. The molecule has 0 atom stereocenters. The smallest absolute Gasteiger partial charge is 0.410 e. The monoisotopic (exact) mass is 332 g/mol. The van der Waals surface area contributed by atoms with Crippen molar-refractivity contribution in [2.75, 3.05) is 12.3 Å². The van der Waals surface area contributed by atoms with Crippen molar-refractivity contribution in [2.45, 2.75) is 39.5 Å². The van der Waals surface area contributed by atoms with E-state index < -0.39 is 5.60 Å². The number of hydrogen-bond donors (Lipinski definition) is 1. The molecular weight excluding hydrogens is 311 g/mol. The summed E-state index contributed by atoms with van der Waals surface area (Å²) >= 11 is 0. The van der Waals surface area contributed by atoms with E-state index in [4.69, 9.17) is 10.5 Å². The van der Waals surface area contributed by atoms with Crippen molar-refractivity contribution in [1.82, 2.24) is 14.7 Å². The molecule has 0 fully saturated rings. The summed E-state index contributed by atoms with van der Waals surface area (Å²) in [7, 11) is 0. The first-order valence-corrected chi connectivity index (χ1v) is 7.83. The zero-order valence-corrected chi connectivity index (χ0v) is 14.0. The average Bonchev–Trinajstić information content (AvgIpc) is 2.81. The molecule has 1 aromatic carbocycles. The highest BCUT2D eigenvalue weighted by Crippen LogP contribution is 2.32. The highest BCUT2D eigenvalue weighted by molar-refractivity contribution is 5.77. The van der Waals surface area contributed by atoms with Crippen molar-refractivity contribution in [3.63, 3.8) is 0 Å². The molecule has 2 aromatic rings. The molecule has 0 saturated heterocycles. The number of ether oxygens (including phenoxy) is 1. The minimum absolute atomic E-state index is 0.311. The third-order valence-corrected chi connectivity index (χ3v) is 3.79. The zero-order valence-electron chi connectivity index (χ0n) is 14.0. The van der Waals surface area contributed by atoms with E-state index in [0.29, 0.717) is 25.5 Å². The predicted octanol–water partition coefficient (Wildman–Crippen LogP) is 3.02. The molecule has 2 heterocycles. The molecular formula is C17H21FN4O2. The van der Waals surface area contributed by atoms with Gasteiger partial charge in [-0.3, -0.25) is 4.68 Å². The Bertz CT molecular complexity index is 762. The van der Waals surface area contributed by atoms with Gasteiger partial charge >= 0.3 is 6.09 Å². The third kappa shape index (κ3) is 3.20. The van der Waals surface area contributed by atoms with Gasteiger partial charge in [-0.2, -0.15) is 5.10 Å². The summed E-state index contributed by atoms with van der Waals surface area (Å²) in [6.07, 6.45) is -0.362. The number of halogens is 1. The van der Waals surface area contributed by atoms with Gasteiger partial charge in [-0.05, 0) is 38.5 Å². The lowest BCUT2D eigenvalue weighted by Crippen LogP contribution is -2.41. The van der Waals surface area contributed by atoms with Crippen LogP contribution >= 0.6 is 0 Å². The molecule has 0 aliphatic carbocycles. The first kappa shape index (κ1) is 16.3. The van der Waals surface area contributed by atoms with E-state index in [9.17, 15) is 9.18 Å². The van der Waals surface area contributed by atoms with Crippen LogP contribution in [0.2, 0.25) is 0 Å². The topological polar surface area (TPSA) is 73.4 Å². The lowest BCUT2D eigenvalue weighted by Gasteiger charge is -2.30. The van der Waals surface area contributed by atoms with Crippen molar-refractivity contribution in [2.24, 2.45) is 0 Å². The van der Waals surface area contributed by atoms with Crippen LogP contribution < -0.4 is 5.73 Å².